The van der Waals surface area contributed by atoms with Gasteiger partial charge < -0.3 is 14.6 Å². The molecule has 0 saturated heterocycles. The molecule has 5 nitrogen and oxygen atoms in total. The van der Waals surface area contributed by atoms with Gasteiger partial charge in [-0.2, -0.15) is 0 Å². The number of rotatable bonds is 4. The molecular weight excluding hydrogens is 204 g/mol. The number of aromatic nitrogens is 3. The minimum Gasteiger partial charge on any atom is -0.381 e. The van der Waals surface area contributed by atoms with Crippen LogP contribution in [0.2, 0.25) is 0 Å². The number of hydrogen-bond acceptors (Lipinski definition) is 4. The summed E-state index contributed by atoms with van der Waals surface area (Å²) in [5, 5.41) is 11.7. The van der Waals surface area contributed by atoms with Crippen molar-refractivity contribution < 1.29 is 4.74 Å². The molecule has 16 heavy (non-hydrogen) atoms. The van der Waals surface area contributed by atoms with Gasteiger partial charge in [0.1, 0.15) is 11.6 Å². The average Bonchev–Trinajstić information content (AvgIpc) is 2.86. The molecule has 2 unspecified atom stereocenters. The van der Waals surface area contributed by atoms with Gasteiger partial charge in [0.25, 0.3) is 0 Å². The molecule has 0 amide bonds. The summed E-state index contributed by atoms with van der Waals surface area (Å²) < 4.78 is 7.37. The summed E-state index contributed by atoms with van der Waals surface area (Å²) in [4.78, 5) is 0. The largest absolute Gasteiger partial charge is 0.381 e. The normalized spacial score (nSPS) is 25.2. The van der Waals surface area contributed by atoms with E-state index in [4.69, 9.17) is 4.74 Å². The van der Waals surface area contributed by atoms with E-state index in [-0.39, 0.29) is 0 Å². The van der Waals surface area contributed by atoms with Crippen LogP contribution < -0.4 is 5.32 Å². The highest BCUT2D eigenvalue weighted by Crippen LogP contribution is 2.21. The summed E-state index contributed by atoms with van der Waals surface area (Å²) in [5.74, 6) is 1.95. The maximum atomic E-state index is 5.35. The number of nitrogens with one attached hydrogen (secondary N) is 1. The smallest absolute Gasteiger partial charge is 0.146 e. The third kappa shape index (κ3) is 2.41. The van der Waals surface area contributed by atoms with E-state index in [2.05, 4.69) is 15.5 Å². The molecule has 0 aromatic carbocycles. The van der Waals surface area contributed by atoms with Crippen molar-refractivity contribution in [2.24, 2.45) is 7.05 Å². The zero-order valence-corrected chi connectivity index (χ0v) is 10.2. The fourth-order valence-electron chi connectivity index (χ4n) is 2.18. The summed E-state index contributed by atoms with van der Waals surface area (Å²) >= 11 is 0. The Morgan fingerprint density at radius 1 is 1.44 bits per heavy atom. The first-order chi connectivity index (χ1) is 7.70. The summed E-state index contributed by atoms with van der Waals surface area (Å²) in [6.07, 6.45) is 3.88. The highest BCUT2D eigenvalue weighted by Gasteiger charge is 2.24. The molecule has 0 spiro atoms. The van der Waals surface area contributed by atoms with Crippen LogP contribution in [0.3, 0.4) is 0 Å². The molecule has 1 saturated carbocycles. The Balaban J connectivity index is 1.82. The first kappa shape index (κ1) is 11.5. The van der Waals surface area contributed by atoms with Crippen LogP contribution in [0.1, 0.15) is 30.9 Å². The van der Waals surface area contributed by atoms with Crippen LogP contribution in [0, 0.1) is 6.92 Å². The first-order valence-corrected chi connectivity index (χ1v) is 5.81. The maximum Gasteiger partial charge on any atom is 0.146 e. The molecule has 1 aliphatic carbocycles. The highest BCUT2D eigenvalue weighted by atomic mass is 16.5. The van der Waals surface area contributed by atoms with E-state index in [0.717, 1.165) is 31.0 Å². The fourth-order valence-corrected chi connectivity index (χ4v) is 2.18. The van der Waals surface area contributed by atoms with Crippen LogP contribution in [0.4, 0.5) is 0 Å². The lowest BCUT2D eigenvalue weighted by Crippen LogP contribution is -2.28. The molecule has 1 aromatic heterocycles. The van der Waals surface area contributed by atoms with E-state index in [1.165, 1.54) is 6.42 Å². The number of hydrogen-bond donors (Lipinski definition) is 1. The minimum absolute atomic E-state index is 0.429. The molecule has 2 rings (SSSR count). The number of aryl methyl sites for hydroxylation is 1. The van der Waals surface area contributed by atoms with Gasteiger partial charge in [-0.25, -0.2) is 0 Å². The Bertz CT molecular complexity index is 350. The van der Waals surface area contributed by atoms with Gasteiger partial charge in [0, 0.05) is 20.2 Å². The van der Waals surface area contributed by atoms with E-state index in [1.54, 1.807) is 7.11 Å². The minimum atomic E-state index is 0.429. The van der Waals surface area contributed by atoms with Gasteiger partial charge in [-0.05, 0) is 26.2 Å². The van der Waals surface area contributed by atoms with E-state index in [0.29, 0.717) is 12.1 Å². The molecule has 2 atom stereocenters. The van der Waals surface area contributed by atoms with Crippen molar-refractivity contribution >= 4 is 0 Å². The number of ether oxygens (including phenoxy) is 1. The second kappa shape index (κ2) is 4.93. The molecule has 0 bridgehead atoms. The Morgan fingerprint density at radius 3 is 2.81 bits per heavy atom. The van der Waals surface area contributed by atoms with Crippen LogP contribution in [0.5, 0.6) is 0 Å². The highest BCUT2D eigenvalue weighted by molar-refractivity contribution is 4.93. The average molecular weight is 224 g/mol. The molecule has 5 heteroatoms. The monoisotopic (exact) mass is 224 g/mol. The number of methoxy groups -OCH3 is 1. The fraction of sp³-hybridized carbons (Fsp3) is 0.818. The summed E-state index contributed by atoms with van der Waals surface area (Å²) in [5.41, 5.74) is 0. The quantitative estimate of drug-likeness (QED) is 0.821. The van der Waals surface area contributed by atoms with E-state index >= 15 is 0 Å². The van der Waals surface area contributed by atoms with Crippen LogP contribution >= 0.6 is 0 Å². The lowest BCUT2D eigenvalue weighted by Gasteiger charge is -2.12. The zero-order chi connectivity index (χ0) is 11.5. The van der Waals surface area contributed by atoms with Crippen LogP contribution in [-0.2, 0) is 18.3 Å². The van der Waals surface area contributed by atoms with Crippen molar-refractivity contribution in [3.05, 3.63) is 11.6 Å². The predicted octanol–water partition coefficient (Wildman–Crippen LogP) is 0.781. The lowest BCUT2D eigenvalue weighted by atomic mass is 10.2. The van der Waals surface area contributed by atoms with Crippen LogP contribution in [0.25, 0.3) is 0 Å². The Labute approximate surface area is 96.2 Å². The van der Waals surface area contributed by atoms with Gasteiger partial charge in [-0.3, -0.25) is 0 Å². The molecule has 1 heterocycles. The predicted molar refractivity (Wildman–Crippen MR) is 61.0 cm³/mol. The lowest BCUT2D eigenvalue weighted by molar-refractivity contribution is 0.107. The van der Waals surface area contributed by atoms with Crippen molar-refractivity contribution in [2.75, 3.05) is 7.11 Å². The van der Waals surface area contributed by atoms with Gasteiger partial charge in [0.05, 0.1) is 12.6 Å². The van der Waals surface area contributed by atoms with Crippen molar-refractivity contribution in [2.45, 2.75) is 44.9 Å². The van der Waals surface area contributed by atoms with E-state index in [1.807, 2.05) is 18.5 Å². The first-order valence-electron chi connectivity index (χ1n) is 5.81. The third-order valence-corrected chi connectivity index (χ3v) is 3.45. The van der Waals surface area contributed by atoms with Crippen molar-refractivity contribution in [3.63, 3.8) is 0 Å². The Hall–Kier alpha value is -0.940. The van der Waals surface area contributed by atoms with Crippen LogP contribution in [0.15, 0.2) is 0 Å². The second-order valence-electron chi connectivity index (χ2n) is 4.47. The van der Waals surface area contributed by atoms with Gasteiger partial charge in [-0.15, -0.1) is 10.2 Å². The molecule has 0 aliphatic heterocycles. The topological polar surface area (TPSA) is 52.0 Å². The molecule has 90 valence electrons. The number of nitrogens with zero attached hydrogens (tertiary/aromatic N) is 3. The Kier molecular flexibility index (Phi) is 3.56. The van der Waals surface area contributed by atoms with E-state index in [9.17, 15) is 0 Å². The molecule has 1 N–H and O–H groups in total. The summed E-state index contributed by atoms with van der Waals surface area (Å²) in [7, 11) is 3.79. The molecule has 1 fully saturated rings. The second-order valence-corrected chi connectivity index (χ2v) is 4.47. The zero-order valence-electron chi connectivity index (χ0n) is 10.2. The van der Waals surface area contributed by atoms with Gasteiger partial charge in [0.2, 0.25) is 0 Å². The SMILES string of the molecule is COC1CCC(NCc2nnc(C)n2C)C1. The van der Waals surface area contributed by atoms with Gasteiger partial charge >= 0.3 is 0 Å². The Morgan fingerprint density at radius 2 is 2.25 bits per heavy atom. The van der Waals surface area contributed by atoms with Crippen molar-refractivity contribution in [1.82, 2.24) is 20.1 Å². The van der Waals surface area contributed by atoms with Gasteiger partial charge in [0.15, 0.2) is 0 Å². The molecule has 1 aliphatic rings. The molecular formula is C11H20N4O. The maximum absolute atomic E-state index is 5.35. The summed E-state index contributed by atoms with van der Waals surface area (Å²) in [6, 6.07) is 0.557. The van der Waals surface area contributed by atoms with Crippen LogP contribution in [-0.4, -0.2) is 34.0 Å². The van der Waals surface area contributed by atoms with Gasteiger partial charge in [-0.1, -0.05) is 0 Å². The third-order valence-electron chi connectivity index (χ3n) is 3.45. The van der Waals surface area contributed by atoms with Crippen molar-refractivity contribution in [1.29, 1.82) is 0 Å². The standard InChI is InChI=1S/C11H20N4O/c1-8-13-14-11(15(8)2)7-12-9-4-5-10(6-9)16-3/h9-10,12H,4-7H2,1-3H3. The molecule has 0 radical (unpaired) electrons. The van der Waals surface area contributed by atoms with E-state index < -0.39 is 0 Å². The summed E-state index contributed by atoms with van der Waals surface area (Å²) in [6.45, 7) is 2.76. The van der Waals surface area contributed by atoms with Crippen molar-refractivity contribution in [3.8, 4) is 0 Å². The molecule has 1 aromatic rings.